The van der Waals surface area contributed by atoms with Crippen LogP contribution in [0, 0.1) is 0 Å². The third-order valence-corrected chi connectivity index (χ3v) is 3.50. The normalized spacial score (nSPS) is 10.4. The van der Waals surface area contributed by atoms with E-state index in [0.29, 0.717) is 6.61 Å². The van der Waals surface area contributed by atoms with Crippen molar-refractivity contribution in [3.63, 3.8) is 0 Å². The van der Waals surface area contributed by atoms with Crippen LogP contribution < -0.4 is 14.8 Å². The first-order valence-electron chi connectivity index (χ1n) is 6.35. The van der Waals surface area contributed by atoms with Gasteiger partial charge in [-0.25, -0.2) is 0 Å². The average molecular weight is 277 g/mol. The Morgan fingerprint density at radius 3 is 2.63 bits per heavy atom. The van der Waals surface area contributed by atoms with E-state index in [1.165, 1.54) is 11.1 Å². The Kier molecular flexibility index (Phi) is 5.24. The van der Waals surface area contributed by atoms with Gasteiger partial charge in [0.25, 0.3) is 0 Å². The van der Waals surface area contributed by atoms with Gasteiger partial charge in [0.1, 0.15) is 0 Å². The lowest BCUT2D eigenvalue weighted by atomic mass is 10.2. The highest BCUT2D eigenvalue weighted by atomic mass is 32.1. The van der Waals surface area contributed by atoms with Gasteiger partial charge < -0.3 is 14.8 Å². The van der Waals surface area contributed by atoms with Crippen molar-refractivity contribution in [1.29, 1.82) is 0 Å². The van der Waals surface area contributed by atoms with E-state index in [1.54, 1.807) is 18.4 Å². The molecular weight excluding hydrogens is 258 g/mol. The van der Waals surface area contributed by atoms with Crippen LogP contribution in [0.2, 0.25) is 0 Å². The monoisotopic (exact) mass is 277 g/mol. The second kappa shape index (κ2) is 7.16. The van der Waals surface area contributed by atoms with Gasteiger partial charge in [-0.05, 0) is 47.0 Å². The molecule has 3 nitrogen and oxygen atoms in total. The summed E-state index contributed by atoms with van der Waals surface area (Å²) < 4.78 is 10.8. The molecule has 0 fully saturated rings. The van der Waals surface area contributed by atoms with Crippen LogP contribution in [0.15, 0.2) is 35.0 Å². The van der Waals surface area contributed by atoms with E-state index < -0.39 is 0 Å². The fourth-order valence-corrected chi connectivity index (χ4v) is 2.51. The molecule has 0 saturated carbocycles. The SMILES string of the molecule is CCOc1cc(CNCc2ccsc2)ccc1OC. The molecule has 0 atom stereocenters. The predicted molar refractivity (Wildman–Crippen MR) is 79.0 cm³/mol. The molecule has 0 aliphatic rings. The number of hydrogen-bond acceptors (Lipinski definition) is 4. The molecule has 19 heavy (non-hydrogen) atoms. The summed E-state index contributed by atoms with van der Waals surface area (Å²) in [6.07, 6.45) is 0. The van der Waals surface area contributed by atoms with Crippen LogP contribution in [-0.4, -0.2) is 13.7 Å². The van der Waals surface area contributed by atoms with E-state index in [9.17, 15) is 0 Å². The number of benzene rings is 1. The lowest BCUT2D eigenvalue weighted by Crippen LogP contribution is -2.12. The molecule has 2 aromatic rings. The predicted octanol–water partition coefficient (Wildman–Crippen LogP) is 3.45. The topological polar surface area (TPSA) is 30.5 Å². The van der Waals surface area contributed by atoms with E-state index in [0.717, 1.165) is 24.6 Å². The first-order valence-corrected chi connectivity index (χ1v) is 7.29. The van der Waals surface area contributed by atoms with Gasteiger partial charge in [0, 0.05) is 13.1 Å². The van der Waals surface area contributed by atoms with Crippen molar-refractivity contribution in [1.82, 2.24) is 5.32 Å². The summed E-state index contributed by atoms with van der Waals surface area (Å²) in [5.41, 5.74) is 2.52. The Hall–Kier alpha value is -1.52. The van der Waals surface area contributed by atoms with Crippen molar-refractivity contribution in [3.05, 3.63) is 46.2 Å². The minimum Gasteiger partial charge on any atom is -0.493 e. The summed E-state index contributed by atoms with van der Waals surface area (Å²) in [7, 11) is 1.66. The van der Waals surface area contributed by atoms with Crippen molar-refractivity contribution in [3.8, 4) is 11.5 Å². The largest absolute Gasteiger partial charge is 0.493 e. The minimum absolute atomic E-state index is 0.641. The van der Waals surface area contributed by atoms with Crippen LogP contribution in [0.5, 0.6) is 11.5 Å². The highest BCUT2D eigenvalue weighted by Gasteiger charge is 2.05. The molecule has 0 saturated heterocycles. The quantitative estimate of drug-likeness (QED) is 0.841. The van der Waals surface area contributed by atoms with Gasteiger partial charge in [-0.3, -0.25) is 0 Å². The van der Waals surface area contributed by atoms with E-state index in [1.807, 2.05) is 19.1 Å². The second-order valence-corrected chi connectivity index (χ2v) is 4.93. The fraction of sp³-hybridized carbons (Fsp3) is 0.333. The molecule has 0 bridgehead atoms. The van der Waals surface area contributed by atoms with Crippen LogP contribution in [0.3, 0.4) is 0 Å². The molecule has 0 aliphatic carbocycles. The van der Waals surface area contributed by atoms with Gasteiger partial charge >= 0.3 is 0 Å². The zero-order valence-corrected chi connectivity index (χ0v) is 12.1. The summed E-state index contributed by atoms with van der Waals surface area (Å²) >= 11 is 1.72. The molecule has 0 aliphatic heterocycles. The zero-order chi connectivity index (χ0) is 13.5. The average Bonchev–Trinajstić information content (AvgIpc) is 2.93. The molecule has 0 amide bonds. The number of thiophene rings is 1. The first kappa shape index (κ1) is 13.9. The van der Waals surface area contributed by atoms with Gasteiger partial charge in [-0.2, -0.15) is 11.3 Å². The maximum atomic E-state index is 5.57. The molecule has 1 aromatic heterocycles. The minimum atomic E-state index is 0.641. The van der Waals surface area contributed by atoms with E-state index in [-0.39, 0.29) is 0 Å². The summed E-state index contributed by atoms with van der Waals surface area (Å²) in [5, 5.41) is 7.68. The Labute approximate surface area is 118 Å². The standard InChI is InChI=1S/C15H19NO2S/c1-3-18-15-8-12(4-5-14(15)17-2)9-16-10-13-6-7-19-11-13/h4-8,11,16H,3,9-10H2,1-2H3. The smallest absolute Gasteiger partial charge is 0.161 e. The highest BCUT2D eigenvalue weighted by molar-refractivity contribution is 7.07. The van der Waals surface area contributed by atoms with Gasteiger partial charge in [-0.15, -0.1) is 0 Å². The summed E-state index contributed by atoms with van der Waals surface area (Å²) in [4.78, 5) is 0. The highest BCUT2D eigenvalue weighted by Crippen LogP contribution is 2.27. The van der Waals surface area contributed by atoms with Crippen LogP contribution in [0.4, 0.5) is 0 Å². The zero-order valence-electron chi connectivity index (χ0n) is 11.3. The molecule has 0 radical (unpaired) electrons. The second-order valence-electron chi connectivity index (χ2n) is 4.15. The molecule has 4 heteroatoms. The van der Waals surface area contributed by atoms with Crippen LogP contribution in [0.25, 0.3) is 0 Å². The van der Waals surface area contributed by atoms with Crippen LogP contribution in [0.1, 0.15) is 18.1 Å². The lowest BCUT2D eigenvalue weighted by Gasteiger charge is -2.11. The maximum Gasteiger partial charge on any atom is 0.161 e. The van der Waals surface area contributed by atoms with Crippen molar-refractivity contribution >= 4 is 11.3 Å². The maximum absolute atomic E-state index is 5.57. The molecule has 1 N–H and O–H groups in total. The van der Waals surface area contributed by atoms with E-state index in [4.69, 9.17) is 9.47 Å². The van der Waals surface area contributed by atoms with Gasteiger partial charge in [0.2, 0.25) is 0 Å². The Morgan fingerprint density at radius 1 is 1.11 bits per heavy atom. The van der Waals surface area contributed by atoms with Crippen molar-refractivity contribution in [2.24, 2.45) is 0 Å². The Balaban J connectivity index is 1.94. The molecule has 102 valence electrons. The molecule has 1 heterocycles. The number of nitrogens with one attached hydrogen (secondary N) is 1. The van der Waals surface area contributed by atoms with Crippen LogP contribution >= 0.6 is 11.3 Å². The number of methoxy groups -OCH3 is 1. The first-order chi connectivity index (χ1) is 9.33. The third-order valence-electron chi connectivity index (χ3n) is 2.77. The molecular formula is C15H19NO2S. The van der Waals surface area contributed by atoms with Crippen molar-refractivity contribution in [2.75, 3.05) is 13.7 Å². The van der Waals surface area contributed by atoms with Gasteiger partial charge in [0.05, 0.1) is 13.7 Å². The number of ether oxygens (including phenoxy) is 2. The molecule has 2 rings (SSSR count). The third kappa shape index (κ3) is 3.98. The molecule has 1 aromatic carbocycles. The Morgan fingerprint density at radius 2 is 1.95 bits per heavy atom. The summed E-state index contributed by atoms with van der Waals surface area (Å²) in [5.74, 6) is 1.59. The fourth-order valence-electron chi connectivity index (χ4n) is 1.84. The van der Waals surface area contributed by atoms with Gasteiger partial charge in [0.15, 0.2) is 11.5 Å². The van der Waals surface area contributed by atoms with E-state index in [2.05, 4.69) is 28.2 Å². The van der Waals surface area contributed by atoms with Crippen molar-refractivity contribution < 1.29 is 9.47 Å². The lowest BCUT2D eigenvalue weighted by molar-refractivity contribution is 0.310. The summed E-state index contributed by atoms with van der Waals surface area (Å²) in [6, 6.07) is 8.18. The number of rotatable bonds is 7. The Bertz CT molecular complexity index is 497. The van der Waals surface area contributed by atoms with Gasteiger partial charge in [-0.1, -0.05) is 6.07 Å². The molecule has 0 unspecified atom stereocenters. The van der Waals surface area contributed by atoms with Crippen LogP contribution in [-0.2, 0) is 13.1 Å². The molecule has 0 spiro atoms. The summed E-state index contributed by atoms with van der Waals surface area (Å²) in [6.45, 7) is 4.32. The number of hydrogen-bond donors (Lipinski definition) is 1. The van der Waals surface area contributed by atoms with Crippen molar-refractivity contribution in [2.45, 2.75) is 20.0 Å². The van der Waals surface area contributed by atoms with E-state index >= 15 is 0 Å².